The Hall–Kier alpha value is -3.69. The van der Waals surface area contributed by atoms with Crippen LogP contribution in [0.4, 0.5) is 10.8 Å². The van der Waals surface area contributed by atoms with Gasteiger partial charge in [0.25, 0.3) is 0 Å². The van der Waals surface area contributed by atoms with Crippen LogP contribution in [0.25, 0.3) is 27.2 Å². The average Bonchev–Trinajstić information content (AvgIpc) is 3.68. The van der Waals surface area contributed by atoms with E-state index in [0.717, 1.165) is 59.2 Å². The molecular formula is C29H31N5O3S. The van der Waals surface area contributed by atoms with Gasteiger partial charge in [-0.2, -0.15) is 0 Å². The van der Waals surface area contributed by atoms with Gasteiger partial charge in [-0.15, -0.1) is 0 Å². The van der Waals surface area contributed by atoms with E-state index in [0.29, 0.717) is 11.7 Å². The zero-order valence-corrected chi connectivity index (χ0v) is 22.4. The second kappa shape index (κ2) is 9.89. The number of hydrogen-bond donors (Lipinski definition) is 1. The Labute approximate surface area is 225 Å². The summed E-state index contributed by atoms with van der Waals surface area (Å²) in [6, 6.07) is 16.1. The van der Waals surface area contributed by atoms with Crippen LogP contribution in [-0.2, 0) is 0 Å². The largest absolute Gasteiger partial charge is 0.477 e. The average molecular weight is 530 g/mol. The van der Waals surface area contributed by atoms with Gasteiger partial charge in [-0.05, 0) is 69.3 Å². The lowest BCUT2D eigenvalue weighted by Crippen LogP contribution is -2.31. The van der Waals surface area contributed by atoms with Gasteiger partial charge < -0.3 is 24.4 Å². The highest BCUT2D eigenvalue weighted by atomic mass is 32.1. The first kappa shape index (κ1) is 24.6. The van der Waals surface area contributed by atoms with Gasteiger partial charge in [0.1, 0.15) is 5.56 Å². The van der Waals surface area contributed by atoms with Crippen LogP contribution < -0.4 is 15.2 Å². The summed E-state index contributed by atoms with van der Waals surface area (Å²) < 4.78 is 2.84. The van der Waals surface area contributed by atoms with Gasteiger partial charge in [0, 0.05) is 55.9 Å². The lowest BCUT2D eigenvalue weighted by atomic mass is 10.1. The molecule has 2 aliphatic heterocycles. The molecule has 2 saturated heterocycles. The minimum Gasteiger partial charge on any atom is -0.477 e. The summed E-state index contributed by atoms with van der Waals surface area (Å²) in [4.78, 5) is 36.4. The summed E-state index contributed by atoms with van der Waals surface area (Å²) in [6.07, 6.45) is 4.96. The predicted molar refractivity (Wildman–Crippen MR) is 153 cm³/mol. The number of carboxylic acid groups (broad SMARTS) is 1. The molecule has 9 heteroatoms. The maximum Gasteiger partial charge on any atom is 0.341 e. The van der Waals surface area contributed by atoms with Gasteiger partial charge in [-0.3, -0.25) is 4.79 Å². The number of rotatable bonds is 6. The zero-order chi connectivity index (χ0) is 26.4. The molecule has 196 valence electrons. The second-order valence-corrected chi connectivity index (χ2v) is 11.4. The van der Waals surface area contributed by atoms with Crippen molar-refractivity contribution in [3.05, 3.63) is 70.5 Å². The monoisotopic (exact) mass is 529 g/mol. The number of aromatic nitrogens is 2. The molecule has 0 aliphatic carbocycles. The summed E-state index contributed by atoms with van der Waals surface area (Å²) in [5.74, 6) is -1.23. The minimum absolute atomic E-state index is 0.251. The standard InChI is InChI=1S/C29H31N5O3S/c1-31(2)22-11-14-33(17-22)29-30-24-10-9-21(15-27(24)38-29)34-18-23(28(36)37)26(35)16-25(34)19-5-7-20(8-6-19)32-12-3-4-13-32/h5-10,15-16,18,22H,3-4,11-14,17H2,1-2H3,(H,36,37). The second-order valence-electron chi connectivity index (χ2n) is 10.4. The van der Waals surface area contributed by atoms with E-state index in [9.17, 15) is 14.7 Å². The van der Waals surface area contributed by atoms with Crippen LogP contribution in [-0.4, -0.2) is 71.8 Å². The van der Waals surface area contributed by atoms with E-state index in [1.165, 1.54) is 30.8 Å². The fourth-order valence-corrected chi connectivity index (χ4v) is 6.51. The Kier molecular flexibility index (Phi) is 6.41. The molecule has 1 unspecified atom stereocenters. The Morgan fingerprint density at radius 2 is 1.74 bits per heavy atom. The van der Waals surface area contributed by atoms with Crippen molar-refractivity contribution in [3.8, 4) is 16.9 Å². The molecule has 8 nitrogen and oxygen atoms in total. The van der Waals surface area contributed by atoms with Gasteiger partial charge in [-0.25, -0.2) is 9.78 Å². The van der Waals surface area contributed by atoms with Crippen molar-refractivity contribution in [2.45, 2.75) is 25.3 Å². The SMILES string of the molecule is CN(C)C1CCN(c2nc3ccc(-n4cc(C(=O)O)c(=O)cc4-c4ccc(N5CCCC5)cc4)cc3s2)C1. The molecule has 0 radical (unpaired) electrons. The third-order valence-electron chi connectivity index (χ3n) is 7.72. The van der Waals surface area contributed by atoms with Crippen molar-refractivity contribution in [2.24, 2.45) is 0 Å². The molecule has 0 amide bonds. The molecule has 1 atom stereocenters. The molecule has 2 aromatic carbocycles. The van der Waals surface area contributed by atoms with Crippen LogP contribution in [0, 0.1) is 0 Å². The van der Waals surface area contributed by atoms with Gasteiger partial charge >= 0.3 is 5.97 Å². The van der Waals surface area contributed by atoms with Crippen molar-refractivity contribution in [3.63, 3.8) is 0 Å². The normalized spacial score (nSPS) is 17.7. The number of nitrogens with zero attached hydrogens (tertiary/aromatic N) is 5. The molecule has 4 heterocycles. The highest BCUT2D eigenvalue weighted by Crippen LogP contribution is 2.34. The van der Waals surface area contributed by atoms with Gasteiger partial charge in [0.2, 0.25) is 0 Å². The smallest absolute Gasteiger partial charge is 0.341 e. The maximum absolute atomic E-state index is 12.7. The maximum atomic E-state index is 12.7. The lowest BCUT2D eigenvalue weighted by molar-refractivity contribution is 0.0695. The lowest BCUT2D eigenvalue weighted by Gasteiger charge is -2.19. The fourth-order valence-electron chi connectivity index (χ4n) is 5.47. The molecule has 0 bridgehead atoms. The Bertz CT molecular complexity index is 1550. The minimum atomic E-state index is -1.23. The molecule has 6 rings (SSSR count). The highest BCUT2D eigenvalue weighted by molar-refractivity contribution is 7.22. The summed E-state index contributed by atoms with van der Waals surface area (Å²) >= 11 is 1.65. The van der Waals surface area contributed by atoms with Crippen LogP contribution in [0.2, 0.25) is 0 Å². The van der Waals surface area contributed by atoms with Crippen molar-refractivity contribution < 1.29 is 9.90 Å². The van der Waals surface area contributed by atoms with Gasteiger partial charge in [-0.1, -0.05) is 23.5 Å². The molecule has 2 aromatic heterocycles. The summed E-state index contributed by atoms with van der Waals surface area (Å²) in [6.45, 7) is 4.05. The molecule has 2 aliphatic rings. The first-order chi connectivity index (χ1) is 18.4. The summed E-state index contributed by atoms with van der Waals surface area (Å²) in [5.41, 5.74) is 3.64. The number of benzene rings is 2. The number of hydrogen-bond acceptors (Lipinski definition) is 7. The summed E-state index contributed by atoms with van der Waals surface area (Å²) in [7, 11) is 4.23. The third kappa shape index (κ3) is 4.56. The Morgan fingerprint density at radius 3 is 2.42 bits per heavy atom. The number of anilines is 2. The number of aromatic carboxylic acids is 1. The molecule has 4 aromatic rings. The van der Waals surface area contributed by atoms with Crippen molar-refractivity contribution in [1.29, 1.82) is 0 Å². The fraction of sp³-hybridized carbons (Fsp3) is 0.345. The quantitative estimate of drug-likeness (QED) is 0.392. The number of fused-ring (bicyclic) bond motifs is 1. The topological polar surface area (TPSA) is 81.9 Å². The van der Waals surface area contributed by atoms with Crippen LogP contribution in [0.15, 0.2) is 59.5 Å². The van der Waals surface area contributed by atoms with E-state index in [1.807, 2.05) is 34.9 Å². The molecule has 2 fully saturated rings. The van der Waals surface area contributed by atoms with E-state index in [1.54, 1.807) is 11.3 Å². The predicted octanol–water partition coefficient (Wildman–Crippen LogP) is 4.55. The molecule has 1 N–H and O–H groups in total. The van der Waals surface area contributed by atoms with Crippen LogP contribution in [0.3, 0.4) is 0 Å². The van der Waals surface area contributed by atoms with E-state index < -0.39 is 11.4 Å². The number of likely N-dealkylation sites (N-methyl/N-ethyl adjacent to an activating group) is 1. The highest BCUT2D eigenvalue weighted by Gasteiger charge is 2.26. The number of carbonyl (C=O) groups is 1. The van der Waals surface area contributed by atoms with E-state index >= 15 is 0 Å². The number of pyridine rings is 1. The van der Waals surface area contributed by atoms with Crippen LogP contribution >= 0.6 is 11.3 Å². The summed E-state index contributed by atoms with van der Waals surface area (Å²) in [5, 5.41) is 10.7. The Balaban J connectivity index is 1.39. The molecule has 38 heavy (non-hydrogen) atoms. The van der Waals surface area contributed by atoms with Crippen molar-refractivity contribution >= 4 is 38.3 Å². The van der Waals surface area contributed by atoms with E-state index in [4.69, 9.17) is 4.98 Å². The van der Waals surface area contributed by atoms with Crippen molar-refractivity contribution in [1.82, 2.24) is 14.5 Å². The van der Waals surface area contributed by atoms with Crippen molar-refractivity contribution in [2.75, 3.05) is 50.1 Å². The number of thiazole rings is 1. The first-order valence-electron chi connectivity index (χ1n) is 13.0. The van der Waals surface area contributed by atoms with E-state index in [2.05, 4.69) is 40.9 Å². The van der Waals surface area contributed by atoms with Gasteiger partial charge in [0.05, 0.1) is 15.9 Å². The number of carboxylic acids is 1. The third-order valence-corrected chi connectivity index (χ3v) is 8.80. The first-order valence-corrected chi connectivity index (χ1v) is 13.9. The van der Waals surface area contributed by atoms with Crippen LogP contribution in [0.1, 0.15) is 29.6 Å². The molecule has 0 saturated carbocycles. The molecular weight excluding hydrogens is 498 g/mol. The Morgan fingerprint density at radius 1 is 1.00 bits per heavy atom. The van der Waals surface area contributed by atoms with Gasteiger partial charge in [0.15, 0.2) is 10.6 Å². The van der Waals surface area contributed by atoms with Crippen LogP contribution in [0.5, 0.6) is 0 Å². The van der Waals surface area contributed by atoms with E-state index in [-0.39, 0.29) is 5.56 Å². The zero-order valence-electron chi connectivity index (χ0n) is 21.6. The molecule has 0 spiro atoms.